The normalized spacial score (nSPS) is 11.6. The van der Waals surface area contributed by atoms with Crippen molar-refractivity contribution in [3.8, 4) is 33.4 Å². The second-order valence-electron chi connectivity index (χ2n) is 14.8. The van der Waals surface area contributed by atoms with Gasteiger partial charge in [0.1, 0.15) is 0 Å². The maximum Gasteiger partial charge on any atom is -0.0126 e. The van der Waals surface area contributed by atoms with E-state index in [4.69, 9.17) is 0 Å². The Morgan fingerprint density at radius 3 is 1.47 bits per heavy atom. The van der Waals surface area contributed by atoms with Crippen LogP contribution in [-0.4, -0.2) is 3.21 Å². The Bertz CT molecular complexity index is 1960. The van der Waals surface area contributed by atoms with Crippen molar-refractivity contribution in [3.63, 3.8) is 0 Å². The van der Waals surface area contributed by atoms with E-state index >= 15 is 0 Å². The van der Waals surface area contributed by atoms with E-state index in [9.17, 15) is 0 Å². The number of halogens is 4. The smallest absolute Gasteiger partial charge is 0.0126 e. The summed E-state index contributed by atoms with van der Waals surface area (Å²) in [6.45, 7) is 13.9. The molecule has 1 aliphatic carbocycles. The summed E-state index contributed by atoms with van der Waals surface area (Å²) in [5.41, 5.74) is 16.1. The summed E-state index contributed by atoms with van der Waals surface area (Å²) in [4.78, 5) is 0. The Morgan fingerprint density at radius 1 is 0.549 bits per heavy atom. The molecule has 0 N–H and O–H groups in total. The maximum atomic E-state index is 3.88. The summed E-state index contributed by atoms with van der Waals surface area (Å²) in [6.07, 6.45) is 0.944. The van der Waals surface area contributed by atoms with E-state index < -0.39 is 0 Å². The molecule has 0 heterocycles. The van der Waals surface area contributed by atoms with Crippen molar-refractivity contribution in [1.82, 2.24) is 0 Å². The molecular formula is C46H41Br2Cl2Zr-. The number of fused-ring (bicyclic) bond motifs is 3. The monoisotopic (exact) mass is 911 g/mol. The van der Waals surface area contributed by atoms with E-state index in [0.717, 1.165) is 15.4 Å². The largest absolute Gasteiger partial charge is 1.00 e. The molecule has 258 valence electrons. The van der Waals surface area contributed by atoms with Crippen LogP contribution >= 0.6 is 31.9 Å². The molecule has 0 fully saturated rings. The standard InChI is InChI=1S/C33H33.C13H8Br2.2ClH.Zr/c1-32(2,3)30-20-26-24(18-28(30)22-13-9-7-10-14-22)17-25-19-29(23-15-11-8-12-16-23)31(21-27(25)26)33(4,5)6;14-12-5-1-10(2-6-12)9-11-3-7-13(15)8-4-11;;;/h7-16,18,20-21H,17H2,1-6H3;1-8H;2*1H;/q-1;;;;+2/p-2. The van der Waals surface area contributed by atoms with Gasteiger partial charge in [0, 0.05) is 0 Å². The molecule has 0 aliphatic heterocycles. The van der Waals surface area contributed by atoms with Gasteiger partial charge in [-0.05, 0) is 39.5 Å². The molecule has 1 aliphatic rings. The van der Waals surface area contributed by atoms with Crippen molar-refractivity contribution < 1.29 is 49.0 Å². The first-order valence-corrected chi connectivity index (χ1v) is 19.6. The molecule has 0 atom stereocenters. The van der Waals surface area contributed by atoms with Crippen LogP contribution in [0, 0.1) is 6.07 Å². The SMILES string of the molecule is Brc1ccc([C](=[Zr+2])c2ccc(Br)cc2)cc1.CC(C)(C)c1cc2c([c-]c1-c1ccccc1)Cc1cc(-c3ccccc3)c(C(C)(C)C)cc1-2.[Cl-].[Cl-]. The Kier molecular flexibility index (Phi) is 13.9. The van der Waals surface area contributed by atoms with Gasteiger partial charge in [-0.2, -0.15) is 0 Å². The summed E-state index contributed by atoms with van der Waals surface area (Å²) in [6, 6.07) is 49.8. The molecule has 0 saturated heterocycles. The average molecular weight is 916 g/mol. The maximum absolute atomic E-state index is 3.88. The van der Waals surface area contributed by atoms with E-state index in [1.54, 1.807) is 0 Å². The molecular weight excluding hydrogens is 874 g/mol. The van der Waals surface area contributed by atoms with Crippen LogP contribution in [-0.2, 0) is 41.5 Å². The van der Waals surface area contributed by atoms with Gasteiger partial charge in [-0.15, -0.1) is 28.8 Å². The molecule has 5 heteroatoms. The second kappa shape index (κ2) is 17.2. The Balaban J connectivity index is 0.000000274. The third kappa shape index (κ3) is 9.59. The molecule has 0 bridgehead atoms. The first-order chi connectivity index (χ1) is 23.3. The van der Waals surface area contributed by atoms with Gasteiger partial charge in [0.2, 0.25) is 0 Å². The fourth-order valence-corrected chi connectivity index (χ4v) is 7.85. The molecule has 0 radical (unpaired) electrons. The van der Waals surface area contributed by atoms with Crippen LogP contribution in [0.5, 0.6) is 0 Å². The van der Waals surface area contributed by atoms with Crippen LogP contribution in [0.2, 0.25) is 0 Å². The predicted molar refractivity (Wildman–Crippen MR) is 213 cm³/mol. The fraction of sp³-hybridized carbons (Fsp3) is 0.196. The van der Waals surface area contributed by atoms with Crippen molar-refractivity contribution in [2.45, 2.75) is 58.8 Å². The topological polar surface area (TPSA) is 0 Å². The minimum atomic E-state index is 0. The summed E-state index contributed by atoms with van der Waals surface area (Å²) < 4.78 is 3.62. The number of hydrogen-bond acceptors (Lipinski definition) is 0. The molecule has 7 rings (SSSR count). The number of benzene rings is 6. The van der Waals surface area contributed by atoms with Gasteiger partial charge in [0.25, 0.3) is 0 Å². The van der Waals surface area contributed by atoms with Gasteiger partial charge in [0.05, 0.1) is 0 Å². The first-order valence-electron chi connectivity index (χ1n) is 16.8. The van der Waals surface area contributed by atoms with Crippen molar-refractivity contribution in [1.29, 1.82) is 0 Å². The Morgan fingerprint density at radius 2 is 1.00 bits per heavy atom. The summed E-state index contributed by atoms with van der Waals surface area (Å²) in [7, 11) is 0. The van der Waals surface area contributed by atoms with Crippen LogP contribution in [0.3, 0.4) is 0 Å². The molecule has 6 aromatic carbocycles. The van der Waals surface area contributed by atoms with Crippen LogP contribution in [0.25, 0.3) is 33.4 Å². The number of hydrogen-bond donors (Lipinski definition) is 0. The summed E-state index contributed by atoms with van der Waals surface area (Å²) in [5.74, 6) is 0. The van der Waals surface area contributed by atoms with E-state index in [0.29, 0.717) is 0 Å². The van der Waals surface area contributed by atoms with Gasteiger partial charge in [0.15, 0.2) is 0 Å². The minimum Gasteiger partial charge on any atom is -1.00 e. The van der Waals surface area contributed by atoms with Gasteiger partial charge in [-0.3, -0.25) is 0 Å². The first kappa shape index (κ1) is 41.4. The van der Waals surface area contributed by atoms with Crippen LogP contribution in [0.1, 0.15) is 74.9 Å². The zero-order valence-electron chi connectivity index (χ0n) is 29.8. The van der Waals surface area contributed by atoms with Gasteiger partial charge < -0.3 is 24.8 Å². The molecule has 0 amide bonds. The van der Waals surface area contributed by atoms with Crippen molar-refractivity contribution in [3.05, 3.63) is 176 Å². The zero-order valence-corrected chi connectivity index (χ0v) is 37.0. The Labute approximate surface area is 348 Å². The van der Waals surface area contributed by atoms with E-state index in [2.05, 4.69) is 207 Å². The van der Waals surface area contributed by atoms with Crippen LogP contribution < -0.4 is 24.8 Å². The summed E-state index contributed by atoms with van der Waals surface area (Å²) in [5, 5.41) is 0. The summed E-state index contributed by atoms with van der Waals surface area (Å²) >= 11 is 8.34. The average Bonchev–Trinajstić information content (AvgIpc) is 3.44. The van der Waals surface area contributed by atoms with E-state index in [1.807, 2.05) is 0 Å². The van der Waals surface area contributed by atoms with Gasteiger partial charge in [-0.25, -0.2) is 0 Å². The third-order valence-electron chi connectivity index (χ3n) is 9.09. The quantitative estimate of drug-likeness (QED) is 0.163. The predicted octanol–water partition coefficient (Wildman–Crippen LogP) is 7.32. The number of rotatable bonds is 4. The molecule has 51 heavy (non-hydrogen) atoms. The van der Waals surface area contributed by atoms with Gasteiger partial charge in [-0.1, -0.05) is 131 Å². The minimum absolute atomic E-state index is 0. The third-order valence-corrected chi connectivity index (χ3v) is 11.6. The van der Waals surface area contributed by atoms with Crippen molar-refractivity contribution in [2.75, 3.05) is 0 Å². The van der Waals surface area contributed by atoms with Gasteiger partial charge >= 0.3 is 128 Å². The molecule has 6 aromatic rings. The van der Waals surface area contributed by atoms with Crippen LogP contribution in [0.15, 0.2) is 136 Å². The molecule has 0 spiro atoms. The van der Waals surface area contributed by atoms with Crippen LogP contribution in [0.4, 0.5) is 0 Å². The van der Waals surface area contributed by atoms with E-state index in [-0.39, 0.29) is 35.6 Å². The van der Waals surface area contributed by atoms with E-state index in [1.165, 1.54) is 94.2 Å². The van der Waals surface area contributed by atoms with Crippen molar-refractivity contribution in [2.24, 2.45) is 0 Å². The van der Waals surface area contributed by atoms with Crippen molar-refractivity contribution >= 4 is 35.1 Å². The molecule has 0 unspecified atom stereocenters. The fourth-order valence-electron chi connectivity index (χ4n) is 6.50. The zero-order chi connectivity index (χ0) is 34.9. The molecule has 0 aromatic heterocycles. The second-order valence-corrected chi connectivity index (χ2v) is 17.9. The molecule has 0 saturated carbocycles. The molecule has 0 nitrogen and oxygen atoms in total. The Hall–Kier alpha value is -2.39.